The summed E-state index contributed by atoms with van der Waals surface area (Å²) in [6.07, 6.45) is 6.60. The molecule has 0 radical (unpaired) electrons. The Kier molecular flexibility index (Phi) is 10.6. The second kappa shape index (κ2) is 10.9. The average molecular weight is 328 g/mol. The Bertz CT molecular complexity index is 324. The minimum atomic E-state index is -0.380. The second-order valence-corrected chi connectivity index (χ2v) is 8.20. The lowest BCUT2D eigenvalue weighted by atomic mass is 9.98. The minimum Gasteiger partial charge on any atom is -0.443 e. The maximum absolute atomic E-state index is 12.8. The van der Waals surface area contributed by atoms with E-state index in [1.807, 2.05) is 18.7 Å². The number of unbranched alkanes of at least 4 members (excludes halogenated alkanes) is 3. The molecule has 0 spiro atoms. The van der Waals surface area contributed by atoms with E-state index in [-0.39, 0.29) is 17.7 Å². The summed E-state index contributed by atoms with van der Waals surface area (Å²) in [6.45, 7) is 17.9. The lowest BCUT2D eigenvalue weighted by Crippen LogP contribution is -2.47. The Morgan fingerprint density at radius 1 is 1.04 bits per heavy atom. The summed E-state index contributed by atoms with van der Waals surface area (Å²) < 4.78 is 5.90. The quantitative estimate of drug-likeness (QED) is 0.419. The summed E-state index contributed by atoms with van der Waals surface area (Å²) in [6, 6.07) is 0.251. The molecular weight excluding hydrogens is 286 g/mol. The molecule has 1 unspecified atom stereocenters. The Hall–Kier alpha value is -0.730. The van der Waals surface area contributed by atoms with Crippen LogP contribution in [-0.4, -0.2) is 29.2 Å². The van der Waals surface area contributed by atoms with Crippen molar-refractivity contribution >= 4 is 6.09 Å². The van der Waals surface area contributed by atoms with Crippen molar-refractivity contribution in [1.29, 1.82) is 0 Å². The molecule has 138 valence electrons. The first-order valence-corrected chi connectivity index (χ1v) is 9.64. The molecule has 0 saturated heterocycles. The summed E-state index contributed by atoms with van der Waals surface area (Å²) in [5.41, 5.74) is -0.380. The third-order valence-corrected chi connectivity index (χ3v) is 4.38. The van der Waals surface area contributed by atoms with E-state index in [0.29, 0.717) is 11.8 Å². The molecule has 0 fully saturated rings. The zero-order chi connectivity index (χ0) is 18.0. The summed E-state index contributed by atoms with van der Waals surface area (Å²) in [7, 11) is 0. The topological polar surface area (TPSA) is 29.5 Å². The van der Waals surface area contributed by atoms with E-state index in [1.54, 1.807) is 0 Å². The third kappa shape index (κ3) is 9.22. The van der Waals surface area contributed by atoms with Gasteiger partial charge in [-0.3, -0.25) is 0 Å². The molecule has 0 rings (SSSR count). The highest BCUT2D eigenvalue weighted by Gasteiger charge is 2.31. The lowest BCUT2D eigenvalue weighted by Gasteiger charge is -2.37. The van der Waals surface area contributed by atoms with Crippen LogP contribution < -0.4 is 0 Å². The molecular formula is C20H41NO2. The van der Waals surface area contributed by atoms with Crippen molar-refractivity contribution in [2.75, 3.05) is 6.54 Å². The number of carbonyl (C=O) groups is 1. The van der Waals surface area contributed by atoms with Gasteiger partial charge in [-0.25, -0.2) is 4.79 Å². The fourth-order valence-corrected chi connectivity index (χ4v) is 3.11. The van der Waals surface area contributed by atoms with Gasteiger partial charge in [0.05, 0.1) is 0 Å². The van der Waals surface area contributed by atoms with Crippen LogP contribution in [0.1, 0.15) is 93.9 Å². The third-order valence-electron chi connectivity index (χ3n) is 4.38. The number of rotatable bonds is 11. The van der Waals surface area contributed by atoms with Crippen LogP contribution in [0, 0.1) is 11.8 Å². The number of ether oxygens (including phenoxy) is 1. The molecule has 0 aliphatic rings. The molecule has 0 N–H and O–H groups in total. The van der Waals surface area contributed by atoms with Crippen molar-refractivity contribution in [1.82, 2.24) is 4.90 Å². The molecule has 0 aliphatic carbocycles. The zero-order valence-corrected chi connectivity index (χ0v) is 16.9. The van der Waals surface area contributed by atoms with Crippen molar-refractivity contribution < 1.29 is 9.53 Å². The van der Waals surface area contributed by atoms with Crippen molar-refractivity contribution in [3.05, 3.63) is 0 Å². The van der Waals surface area contributed by atoms with Crippen LogP contribution in [-0.2, 0) is 4.74 Å². The van der Waals surface area contributed by atoms with Crippen LogP contribution in [0.4, 0.5) is 4.79 Å². The van der Waals surface area contributed by atoms with Gasteiger partial charge in [0.2, 0.25) is 0 Å². The van der Waals surface area contributed by atoms with Gasteiger partial charge >= 0.3 is 6.09 Å². The van der Waals surface area contributed by atoms with Crippen LogP contribution in [0.3, 0.4) is 0 Å². The average Bonchev–Trinajstić information content (AvgIpc) is 2.42. The van der Waals surface area contributed by atoms with Gasteiger partial charge in [-0.15, -0.1) is 0 Å². The molecule has 1 atom stereocenters. The highest BCUT2D eigenvalue weighted by Crippen LogP contribution is 2.23. The van der Waals surface area contributed by atoms with Gasteiger partial charge in [0.25, 0.3) is 0 Å². The molecule has 3 heteroatoms. The summed E-state index contributed by atoms with van der Waals surface area (Å²) in [4.78, 5) is 14.8. The van der Waals surface area contributed by atoms with Crippen molar-refractivity contribution in [2.24, 2.45) is 11.8 Å². The number of hydrogen-bond donors (Lipinski definition) is 0. The van der Waals surface area contributed by atoms with Crippen molar-refractivity contribution in [3.8, 4) is 0 Å². The Labute approximate surface area is 145 Å². The monoisotopic (exact) mass is 327 g/mol. The van der Waals surface area contributed by atoms with Gasteiger partial charge in [0.15, 0.2) is 0 Å². The van der Waals surface area contributed by atoms with E-state index >= 15 is 0 Å². The van der Waals surface area contributed by atoms with E-state index < -0.39 is 0 Å². The van der Waals surface area contributed by atoms with E-state index in [9.17, 15) is 4.79 Å². The molecule has 3 nitrogen and oxygen atoms in total. The second-order valence-electron chi connectivity index (χ2n) is 8.20. The first-order valence-electron chi connectivity index (χ1n) is 9.64. The molecule has 0 aromatic heterocycles. The van der Waals surface area contributed by atoms with Crippen LogP contribution in [0.25, 0.3) is 0 Å². The first kappa shape index (κ1) is 22.3. The van der Waals surface area contributed by atoms with Gasteiger partial charge in [-0.2, -0.15) is 0 Å². The molecule has 0 aromatic carbocycles. The highest BCUT2D eigenvalue weighted by molar-refractivity contribution is 5.68. The van der Waals surface area contributed by atoms with E-state index in [4.69, 9.17) is 4.74 Å². The predicted octanol–water partition coefficient (Wildman–Crippen LogP) is 6.26. The van der Waals surface area contributed by atoms with E-state index in [1.165, 1.54) is 19.3 Å². The van der Waals surface area contributed by atoms with Crippen LogP contribution in [0.15, 0.2) is 0 Å². The molecule has 0 bridgehead atoms. The summed E-state index contributed by atoms with van der Waals surface area (Å²) in [5.74, 6) is 0.891. The van der Waals surface area contributed by atoms with Crippen molar-refractivity contribution in [2.45, 2.75) is 106 Å². The normalized spacial score (nSPS) is 13.5. The van der Waals surface area contributed by atoms with E-state index in [0.717, 1.165) is 25.8 Å². The standard InChI is InChI=1S/C20H41NO2/c1-9-11-12-13-14-20(7,8)23-19(22)21(15-16(3)4)18(10-2)17(5)6/h16-18H,9-15H2,1-8H3. The largest absolute Gasteiger partial charge is 0.443 e. The van der Waals surface area contributed by atoms with Crippen LogP contribution in [0.5, 0.6) is 0 Å². The lowest BCUT2D eigenvalue weighted by molar-refractivity contribution is -0.00736. The number of nitrogens with zero attached hydrogens (tertiary/aromatic N) is 1. The Morgan fingerprint density at radius 2 is 1.65 bits per heavy atom. The SMILES string of the molecule is CCCCCCC(C)(C)OC(=O)N(CC(C)C)C(CC)C(C)C. The Balaban J connectivity index is 4.80. The van der Waals surface area contributed by atoms with Crippen LogP contribution >= 0.6 is 0 Å². The van der Waals surface area contributed by atoms with Gasteiger partial charge in [-0.1, -0.05) is 60.8 Å². The number of carbonyl (C=O) groups excluding carboxylic acids is 1. The Morgan fingerprint density at radius 3 is 2.09 bits per heavy atom. The number of amides is 1. The minimum absolute atomic E-state index is 0.139. The van der Waals surface area contributed by atoms with Gasteiger partial charge in [-0.05, 0) is 44.9 Å². The van der Waals surface area contributed by atoms with Gasteiger partial charge in [0, 0.05) is 12.6 Å². The fourth-order valence-electron chi connectivity index (χ4n) is 3.11. The first-order chi connectivity index (χ1) is 10.6. The summed E-state index contributed by atoms with van der Waals surface area (Å²) in [5, 5.41) is 0. The molecule has 0 saturated carbocycles. The smallest absolute Gasteiger partial charge is 0.410 e. The molecule has 0 heterocycles. The summed E-state index contributed by atoms with van der Waals surface area (Å²) >= 11 is 0. The molecule has 0 aromatic rings. The molecule has 23 heavy (non-hydrogen) atoms. The maximum atomic E-state index is 12.8. The predicted molar refractivity (Wildman–Crippen MR) is 99.8 cm³/mol. The van der Waals surface area contributed by atoms with Gasteiger partial charge in [0.1, 0.15) is 5.60 Å². The van der Waals surface area contributed by atoms with Gasteiger partial charge < -0.3 is 9.64 Å². The number of hydrogen-bond acceptors (Lipinski definition) is 2. The maximum Gasteiger partial charge on any atom is 0.410 e. The zero-order valence-electron chi connectivity index (χ0n) is 16.9. The highest BCUT2D eigenvalue weighted by atomic mass is 16.6. The van der Waals surface area contributed by atoms with E-state index in [2.05, 4.69) is 41.5 Å². The fraction of sp³-hybridized carbons (Fsp3) is 0.950. The molecule has 0 aliphatic heterocycles. The van der Waals surface area contributed by atoms with Crippen molar-refractivity contribution in [3.63, 3.8) is 0 Å². The van der Waals surface area contributed by atoms with Crippen LogP contribution in [0.2, 0.25) is 0 Å². The molecule has 1 amide bonds.